The van der Waals surface area contributed by atoms with E-state index in [1.165, 1.54) is 30.5 Å². The van der Waals surface area contributed by atoms with E-state index in [9.17, 15) is 13.2 Å². The fourth-order valence-electron chi connectivity index (χ4n) is 3.13. The van der Waals surface area contributed by atoms with Crippen molar-refractivity contribution in [2.24, 2.45) is 5.10 Å². The summed E-state index contributed by atoms with van der Waals surface area (Å²) in [5, 5.41) is 4.48. The zero-order valence-corrected chi connectivity index (χ0v) is 19.9. The molecule has 7 nitrogen and oxygen atoms in total. The highest BCUT2D eigenvalue weighted by molar-refractivity contribution is 7.92. The van der Waals surface area contributed by atoms with Crippen molar-refractivity contribution in [1.29, 1.82) is 0 Å². The Labute approximate surface area is 199 Å². The number of hydrogen-bond acceptors (Lipinski definition) is 5. The molecule has 33 heavy (non-hydrogen) atoms. The lowest BCUT2D eigenvalue weighted by molar-refractivity contribution is 0.0955. The number of sulfonamides is 1. The summed E-state index contributed by atoms with van der Waals surface area (Å²) in [7, 11) is -3.88. The van der Waals surface area contributed by atoms with E-state index in [1.54, 1.807) is 24.3 Å². The molecular weight excluding hydrogens is 460 g/mol. The summed E-state index contributed by atoms with van der Waals surface area (Å²) in [6.45, 7) is 6.04. The van der Waals surface area contributed by atoms with Gasteiger partial charge < -0.3 is 4.90 Å². The van der Waals surface area contributed by atoms with Crippen LogP contribution >= 0.6 is 11.6 Å². The predicted molar refractivity (Wildman–Crippen MR) is 134 cm³/mol. The van der Waals surface area contributed by atoms with Crippen molar-refractivity contribution >= 4 is 45.1 Å². The van der Waals surface area contributed by atoms with Gasteiger partial charge in [0.05, 0.1) is 11.1 Å². The van der Waals surface area contributed by atoms with Crippen molar-refractivity contribution in [2.75, 3.05) is 22.7 Å². The van der Waals surface area contributed by atoms with Gasteiger partial charge in [-0.15, -0.1) is 0 Å². The standard InChI is InChI=1S/C24H25ClN4O3S/c1-3-29(4-2)22-14-8-18(9-15-22)17-26-27-24(30)19-6-5-7-23(16-19)33(31,32)28-21-12-10-20(25)11-13-21/h5-17,28H,3-4H2,1-2H3,(H,27,30)/b26-17-. The van der Waals surface area contributed by atoms with Crippen molar-refractivity contribution in [3.63, 3.8) is 0 Å². The van der Waals surface area contributed by atoms with Crippen LogP contribution in [0.3, 0.4) is 0 Å². The van der Waals surface area contributed by atoms with Gasteiger partial charge in [0, 0.05) is 35.1 Å². The molecule has 0 heterocycles. The van der Waals surface area contributed by atoms with Gasteiger partial charge in [-0.1, -0.05) is 29.8 Å². The summed E-state index contributed by atoms with van der Waals surface area (Å²) >= 11 is 5.83. The molecule has 0 fully saturated rings. The fourth-order valence-corrected chi connectivity index (χ4v) is 4.36. The quantitative estimate of drug-likeness (QED) is 0.338. The summed E-state index contributed by atoms with van der Waals surface area (Å²) < 4.78 is 27.8. The molecule has 0 aromatic heterocycles. The first kappa shape index (κ1) is 24.3. The second-order valence-electron chi connectivity index (χ2n) is 7.10. The highest BCUT2D eigenvalue weighted by atomic mass is 35.5. The second-order valence-corrected chi connectivity index (χ2v) is 9.22. The third kappa shape index (κ3) is 6.57. The number of anilines is 2. The molecule has 0 bridgehead atoms. The zero-order chi connectivity index (χ0) is 23.8. The molecule has 9 heteroatoms. The Balaban J connectivity index is 1.66. The Morgan fingerprint density at radius 1 is 1.00 bits per heavy atom. The van der Waals surface area contributed by atoms with E-state index >= 15 is 0 Å². The maximum Gasteiger partial charge on any atom is 0.271 e. The van der Waals surface area contributed by atoms with Crippen LogP contribution in [0.5, 0.6) is 0 Å². The molecular formula is C24H25ClN4O3S. The highest BCUT2D eigenvalue weighted by Gasteiger charge is 2.16. The fraction of sp³-hybridized carbons (Fsp3) is 0.167. The van der Waals surface area contributed by atoms with Crippen LogP contribution in [0, 0.1) is 0 Å². The van der Waals surface area contributed by atoms with Crippen molar-refractivity contribution in [1.82, 2.24) is 5.43 Å². The van der Waals surface area contributed by atoms with Gasteiger partial charge >= 0.3 is 0 Å². The average Bonchev–Trinajstić information content (AvgIpc) is 2.82. The van der Waals surface area contributed by atoms with Gasteiger partial charge in [-0.2, -0.15) is 5.10 Å². The van der Waals surface area contributed by atoms with E-state index in [-0.39, 0.29) is 10.5 Å². The SMILES string of the molecule is CCN(CC)c1ccc(/C=N\NC(=O)c2cccc(S(=O)(=O)Nc3ccc(Cl)cc3)c2)cc1. The van der Waals surface area contributed by atoms with Gasteiger partial charge in [-0.25, -0.2) is 13.8 Å². The molecule has 0 aliphatic heterocycles. The molecule has 0 saturated carbocycles. The van der Waals surface area contributed by atoms with E-state index in [2.05, 4.69) is 34.0 Å². The third-order valence-electron chi connectivity index (χ3n) is 4.90. The van der Waals surface area contributed by atoms with Crippen LogP contribution in [0.1, 0.15) is 29.8 Å². The van der Waals surface area contributed by atoms with Gasteiger partial charge in [0.25, 0.3) is 15.9 Å². The van der Waals surface area contributed by atoms with Gasteiger partial charge in [0.15, 0.2) is 0 Å². The summed E-state index contributed by atoms with van der Waals surface area (Å²) in [5.41, 5.74) is 4.91. The maximum absolute atomic E-state index is 12.7. The van der Waals surface area contributed by atoms with E-state index in [4.69, 9.17) is 11.6 Å². The lowest BCUT2D eigenvalue weighted by Gasteiger charge is -2.20. The molecule has 1 amide bonds. The number of carbonyl (C=O) groups is 1. The first-order valence-electron chi connectivity index (χ1n) is 10.4. The van der Waals surface area contributed by atoms with Crippen molar-refractivity contribution in [2.45, 2.75) is 18.7 Å². The minimum atomic E-state index is -3.88. The first-order chi connectivity index (χ1) is 15.8. The van der Waals surface area contributed by atoms with Crippen LogP contribution in [0.2, 0.25) is 5.02 Å². The highest BCUT2D eigenvalue weighted by Crippen LogP contribution is 2.19. The largest absolute Gasteiger partial charge is 0.372 e. The Morgan fingerprint density at radius 3 is 2.30 bits per heavy atom. The van der Waals surface area contributed by atoms with E-state index in [0.717, 1.165) is 24.3 Å². The van der Waals surface area contributed by atoms with Crippen LogP contribution in [0.25, 0.3) is 0 Å². The van der Waals surface area contributed by atoms with E-state index < -0.39 is 15.9 Å². The number of carbonyl (C=O) groups excluding carboxylic acids is 1. The van der Waals surface area contributed by atoms with E-state index in [1.807, 2.05) is 24.3 Å². The smallest absolute Gasteiger partial charge is 0.271 e. The minimum Gasteiger partial charge on any atom is -0.372 e. The van der Waals surface area contributed by atoms with Gasteiger partial charge in [-0.05, 0) is 74.0 Å². The maximum atomic E-state index is 12.7. The third-order valence-corrected chi connectivity index (χ3v) is 6.54. The molecule has 0 atom stereocenters. The van der Waals surface area contributed by atoms with Crippen LogP contribution in [-0.2, 0) is 10.0 Å². The summed E-state index contributed by atoms with van der Waals surface area (Å²) in [5.74, 6) is -0.519. The molecule has 3 aromatic rings. The average molecular weight is 485 g/mol. The molecule has 0 saturated heterocycles. The molecule has 0 aliphatic rings. The summed E-state index contributed by atoms with van der Waals surface area (Å²) in [4.78, 5) is 14.7. The zero-order valence-electron chi connectivity index (χ0n) is 18.3. The summed E-state index contributed by atoms with van der Waals surface area (Å²) in [6.07, 6.45) is 1.53. The second kappa shape index (κ2) is 11.0. The van der Waals surface area contributed by atoms with Crippen molar-refractivity contribution < 1.29 is 13.2 Å². The number of nitrogens with zero attached hydrogens (tertiary/aromatic N) is 2. The van der Waals surface area contributed by atoms with Crippen LogP contribution < -0.4 is 15.0 Å². The molecule has 3 rings (SSSR count). The summed E-state index contributed by atoms with van der Waals surface area (Å²) in [6, 6.07) is 19.8. The molecule has 0 aliphatic carbocycles. The number of halogens is 1. The number of hydrazone groups is 1. The number of rotatable bonds is 9. The number of hydrogen-bond donors (Lipinski definition) is 2. The van der Waals surface area contributed by atoms with Gasteiger partial charge in [-0.3, -0.25) is 9.52 Å². The predicted octanol–water partition coefficient (Wildman–Crippen LogP) is 4.75. The monoisotopic (exact) mass is 484 g/mol. The molecule has 3 aromatic carbocycles. The Hall–Kier alpha value is -3.36. The van der Waals surface area contributed by atoms with E-state index in [0.29, 0.717) is 10.7 Å². The number of benzene rings is 3. The van der Waals surface area contributed by atoms with Crippen LogP contribution in [-0.4, -0.2) is 33.6 Å². The molecule has 0 spiro atoms. The first-order valence-corrected chi connectivity index (χ1v) is 12.3. The van der Waals surface area contributed by atoms with Gasteiger partial charge in [0.1, 0.15) is 0 Å². The normalized spacial score (nSPS) is 11.4. The molecule has 172 valence electrons. The van der Waals surface area contributed by atoms with Crippen LogP contribution in [0.15, 0.2) is 82.8 Å². The molecule has 0 unspecified atom stereocenters. The Bertz CT molecular complexity index is 1220. The topological polar surface area (TPSA) is 90.9 Å². The van der Waals surface area contributed by atoms with Crippen molar-refractivity contribution in [3.8, 4) is 0 Å². The lowest BCUT2D eigenvalue weighted by atomic mass is 10.2. The Kier molecular flexibility index (Phi) is 8.08. The van der Waals surface area contributed by atoms with Crippen molar-refractivity contribution in [3.05, 3.63) is 88.9 Å². The minimum absolute atomic E-state index is 0.0407. The molecule has 0 radical (unpaired) electrons. The number of nitrogens with one attached hydrogen (secondary N) is 2. The molecule has 2 N–H and O–H groups in total. The van der Waals surface area contributed by atoms with Gasteiger partial charge in [0.2, 0.25) is 0 Å². The van der Waals surface area contributed by atoms with Crippen LogP contribution in [0.4, 0.5) is 11.4 Å². The Morgan fingerprint density at radius 2 is 1.67 bits per heavy atom. The lowest BCUT2D eigenvalue weighted by Crippen LogP contribution is -2.21. The number of amides is 1.